The molecule has 110 valence electrons. The molecule has 0 bridgehead atoms. The quantitative estimate of drug-likeness (QED) is 0.525. The van der Waals surface area contributed by atoms with Crippen molar-refractivity contribution in [2.24, 2.45) is 0 Å². The smallest absolute Gasteiger partial charge is 0.316 e. The maximum absolute atomic E-state index is 11.6. The van der Waals surface area contributed by atoms with Crippen molar-refractivity contribution < 1.29 is 9.59 Å². The number of carbonyl (C=O) groups is 2. The van der Waals surface area contributed by atoms with Crippen LogP contribution in [0.4, 0.5) is 10.5 Å². The summed E-state index contributed by atoms with van der Waals surface area (Å²) in [5.74, 6) is -0.0269. The molecule has 0 spiro atoms. The number of carbonyl (C=O) groups excluding carboxylic acids is 2. The molecule has 20 heavy (non-hydrogen) atoms. The van der Waals surface area contributed by atoms with E-state index in [2.05, 4.69) is 10.6 Å². The van der Waals surface area contributed by atoms with Crippen molar-refractivity contribution in [3.63, 3.8) is 0 Å². The molecule has 0 aliphatic carbocycles. The summed E-state index contributed by atoms with van der Waals surface area (Å²) >= 11 is 0. The highest BCUT2D eigenvalue weighted by Crippen LogP contribution is 2.07. The summed E-state index contributed by atoms with van der Waals surface area (Å²) in [4.78, 5) is 24.3. The summed E-state index contributed by atoms with van der Waals surface area (Å²) in [5.41, 5.74) is 7.39. The number of nitrogen functional groups attached to an aromatic ring is 1. The van der Waals surface area contributed by atoms with Gasteiger partial charge in [0.25, 0.3) is 0 Å². The summed E-state index contributed by atoms with van der Waals surface area (Å²) in [5, 5.41) is 5.44. The van der Waals surface area contributed by atoms with Crippen molar-refractivity contribution in [2.75, 3.05) is 32.9 Å². The molecule has 0 aliphatic heterocycles. The van der Waals surface area contributed by atoms with Crippen molar-refractivity contribution in [2.45, 2.75) is 12.8 Å². The Bertz CT molecular complexity index is 443. The molecule has 0 aliphatic rings. The third-order valence-corrected chi connectivity index (χ3v) is 2.75. The van der Waals surface area contributed by atoms with Gasteiger partial charge < -0.3 is 21.3 Å². The molecule has 0 saturated carbocycles. The van der Waals surface area contributed by atoms with E-state index in [1.807, 2.05) is 24.3 Å². The molecule has 0 heterocycles. The van der Waals surface area contributed by atoms with Gasteiger partial charge in [-0.3, -0.25) is 4.79 Å². The fourth-order valence-corrected chi connectivity index (χ4v) is 1.56. The molecular weight excluding hydrogens is 256 g/mol. The first-order valence-corrected chi connectivity index (χ1v) is 6.55. The second-order valence-corrected chi connectivity index (χ2v) is 4.72. The van der Waals surface area contributed by atoms with Crippen molar-refractivity contribution in [3.05, 3.63) is 29.8 Å². The van der Waals surface area contributed by atoms with Crippen molar-refractivity contribution in [1.29, 1.82) is 0 Å². The molecule has 6 heteroatoms. The highest BCUT2D eigenvalue weighted by molar-refractivity contribution is 5.76. The predicted molar refractivity (Wildman–Crippen MR) is 79.3 cm³/mol. The van der Waals surface area contributed by atoms with Crippen LogP contribution >= 0.6 is 0 Å². The van der Waals surface area contributed by atoms with Crippen LogP contribution in [0.5, 0.6) is 0 Å². The zero-order chi connectivity index (χ0) is 15.0. The summed E-state index contributed by atoms with van der Waals surface area (Å²) in [6.07, 6.45) is 1.10. The maximum Gasteiger partial charge on any atom is 0.316 e. The lowest BCUT2D eigenvalue weighted by Gasteiger charge is -2.12. The van der Waals surface area contributed by atoms with E-state index in [-0.39, 0.29) is 11.9 Å². The van der Waals surface area contributed by atoms with Gasteiger partial charge in [-0.1, -0.05) is 12.1 Å². The third kappa shape index (κ3) is 6.08. The van der Waals surface area contributed by atoms with Crippen molar-refractivity contribution >= 4 is 17.6 Å². The molecule has 3 amide bonds. The zero-order valence-electron chi connectivity index (χ0n) is 12.0. The minimum atomic E-state index is -0.166. The van der Waals surface area contributed by atoms with E-state index >= 15 is 0 Å². The van der Waals surface area contributed by atoms with Crippen LogP contribution in [0.2, 0.25) is 0 Å². The van der Waals surface area contributed by atoms with E-state index in [0.717, 1.165) is 11.3 Å². The van der Waals surface area contributed by atoms with Gasteiger partial charge in [0.2, 0.25) is 5.91 Å². The first-order valence-electron chi connectivity index (χ1n) is 6.55. The van der Waals surface area contributed by atoms with Gasteiger partial charge in [0.05, 0.1) is 0 Å². The van der Waals surface area contributed by atoms with Gasteiger partial charge in [-0.15, -0.1) is 0 Å². The predicted octanol–water partition coefficient (Wildman–Crippen LogP) is 0.589. The number of nitrogens with two attached hydrogens (primary N) is 1. The molecule has 1 aromatic rings. The van der Waals surface area contributed by atoms with Crippen molar-refractivity contribution in [3.8, 4) is 0 Å². The first-order chi connectivity index (χ1) is 9.49. The van der Waals surface area contributed by atoms with Crippen LogP contribution < -0.4 is 16.4 Å². The Kier molecular flexibility index (Phi) is 6.36. The molecule has 0 saturated heterocycles. The van der Waals surface area contributed by atoms with Gasteiger partial charge in [0, 0.05) is 39.3 Å². The van der Waals surface area contributed by atoms with Gasteiger partial charge in [-0.2, -0.15) is 0 Å². The Morgan fingerprint density at radius 1 is 1.10 bits per heavy atom. The lowest BCUT2D eigenvalue weighted by atomic mass is 10.1. The number of nitrogens with one attached hydrogen (secondary N) is 2. The number of aryl methyl sites for hydroxylation is 1. The Balaban J connectivity index is 2.14. The molecule has 6 nitrogen and oxygen atoms in total. The van der Waals surface area contributed by atoms with Crippen LogP contribution in [0.1, 0.15) is 12.0 Å². The number of rotatable bonds is 6. The van der Waals surface area contributed by atoms with Crippen molar-refractivity contribution in [1.82, 2.24) is 15.5 Å². The van der Waals surface area contributed by atoms with E-state index in [9.17, 15) is 9.59 Å². The van der Waals surface area contributed by atoms with Crippen LogP contribution in [0.25, 0.3) is 0 Å². The number of hydrogen-bond donors (Lipinski definition) is 3. The standard InChI is InChI=1S/C14H22N4O2/c1-18(2)14(20)17-10-9-16-13(19)8-5-11-3-6-12(15)7-4-11/h3-4,6-7H,5,8-10,15H2,1-2H3,(H,16,19)(H,17,20). The average molecular weight is 278 g/mol. The molecular formula is C14H22N4O2. The van der Waals surface area contributed by atoms with E-state index in [1.165, 1.54) is 4.90 Å². The van der Waals surface area contributed by atoms with Gasteiger partial charge >= 0.3 is 6.03 Å². The molecule has 0 atom stereocenters. The Morgan fingerprint density at radius 2 is 1.70 bits per heavy atom. The van der Waals surface area contributed by atoms with Crippen LogP contribution in [-0.2, 0) is 11.2 Å². The fraction of sp³-hybridized carbons (Fsp3) is 0.429. The van der Waals surface area contributed by atoms with Crippen LogP contribution in [0.15, 0.2) is 24.3 Å². The highest BCUT2D eigenvalue weighted by Gasteiger charge is 2.04. The van der Waals surface area contributed by atoms with Crippen LogP contribution in [0.3, 0.4) is 0 Å². The van der Waals surface area contributed by atoms with Crippen LogP contribution in [-0.4, -0.2) is 44.0 Å². The minimum Gasteiger partial charge on any atom is -0.399 e. The Morgan fingerprint density at radius 3 is 2.30 bits per heavy atom. The minimum absolute atomic E-state index is 0.0269. The van der Waals surface area contributed by atoms with E-state index in [4.69, 9.17) is 5.73 Å². The second-order valence-electron chi connectivity index (χ2n) is 4.72. The monoisotopic (exact) mass is 278 g/mol. The lowest BCUT2D eigenvalue weighted by Crippen LogP contribution is -2.39. The number of nitrogens with zero attached hydrogens (tertiary/aromatic N) is 1. The summed E-state index contributed by atoms with van der Waals surface area (Å²) < 4.78 is 0. The highest BCUT2D eigenvalue weighted by atomic mass is 16.2. The molecule has 1 rings (SSSR count). The molecule has 0 fully saturated rings. The fourth-order valence-electron chi connectivity index (χ4n) is 1.56. The van der Waals surface area contributed by atoms with Gasteiger partial charge in [0.15, 0.2) is 0 Å². The summed E-state index contributed by atoms with van der Waals surface area (Å²) in [6.45, 7) is 0.852. The number of amides is 3. The topological polar surface area (TPSA) is 87.5 Å². The summed E-state index contributed by atoms with van der Waals surface area (Å²) in [6, 6.07) is 7.31. The van der Waals surface area contributed by atoms with E-state index in [0.29, 0.717) is 25.9 Å². The number of urea groups is 1. The zero-order valence-corrected chi connectivity index (χ0v) is 12.0. The number of hydrogen-bond acceptors (Lipinski definition) is 3. The SMILES string of the molecule is CN(C)C(=O)NCCNC(=O)CCc1ccc(N)cc1. The van der Waals surface area contributed by atoms with E-state index in [1.54, 1.807) is 14.1 Å². The number of benzene rings is 1. The number of anilines is 1. The lowest BCUT2D eigenvalue weighted by molar-refractivity contribution is -0.121. The van der Waals surface area contributed by atoms with Gasteiger partial charge in [-0.05, 0) is 24.1 Å². The summed E-state index contributed by atoms with van der Waals surface area (Å²) in [7, 11) is 3.33. The Labute approximate surface area is 119 Å². The van der Waals surface area contributed by atoms with Crippen LogP contribution in [0, 0.1) is 0 Å². The maximum atomic E-state index is 11.6. The van der Waals surface area contributed by atoms with E-state index < -0.39 is 0 Å². The Hall–Kier alpha value is -2.24. The first kappa shape index (κ1) is 15.8. The molecule has 0 aromatic heterocycles. The molecule has 4 N–H and O–H groups in total. The normalized spacial score (nSPS) is 9.90. The largest absolute Gasteiger partial charge is 0.399 e. The average Bonchev–Trinajstić information content (AvgIpc) is 2.42. The van der Waals surface area contributed by atoms with Gasteiger partial charge in [-0.25, -0.2) is 4.79 Å². The molecule has 1 aromatic carbocycles. The second kappa shape index (κ2) is 8.04. The van der Waals surface area contributed by atoms with Gasteiger partial charge in [0.1, 0.15) is 0 Å². The molecule has 0 radical (unpaired) electrons. The molecule has 0 unspecified atom stereocenters. The third-order valence-electron chi connectivity index (χ3n) is 2.75.